The fraction of sp³-hybridized carbons (Fsp3) is 0.0385. The van der Waals surface area contributed by atoms with Crippen molar-refractivity contribution < 1.29 is 0 Å². The van der Waals surface area contributed by atoms with Crippen LogP contribution >= 0.6 is 11.3 Å². The zero-order valence-corrected chi connectivity index (χ0v) is 16.8. The van der Waals surface area contributed by atoms with Crippen molar-refractivity contribution in [3.63, 3.8) is 0 Å². The molecule has 4 aromatic carbocycles. The average molecular weight is 391 g/mol. The predicted molar refractivity (Wildman–Crippen MR) is 124 cm³/mol. The Labute approximate surface area is 172 Å². The number of nitrogens with zero attached hydrogens (tertiary/aromatic N) is 2. The molecule has 6 aromatic rings. The molecule has 0 spiro atoms. The van der Waals surface area contributed by atoms with Gasteiger partial charge in [-0.2, -0.15) is 0 Å². The molecule has 0 saturated heterocycles. The van der Waals surface area contributed by atoms with E-state index in [4.69, 9.17) is 4.98 Å². The van der Waals surface area contributed by atoms with E-state index in [-0.39, 0.29) is 0 Å². The second-order valence-corrected chi connectivity index (χ2v) is 8.40. The molecule has 3 heteroatoms. The highest BCUT2D eigenvalue weighted by atomic mass is 32.1. The van der Waals surface area contributed by atoms with E-state index in [1.54, 1.807) is 0 Å². The van der Waals surface area contributed by atoms with Crippen molar-refractivity contribution in [2.45, 2.75) is 0 Å². The highest BCUT2D eigenvalue weighted by Gasteiger charge is 2.13. The molecule has 0 aliphatic carbocycles. The summed E-state index contributed by atoms with van der Waals surface area (Å²) >= 11 is 1.87. The summed E-state index contributed by atoms with van der Waals surface area (Å²) in [4.78, 5) is 4.88. The van der Waals surface area contributed by atoms with Crippen molar-refractivity contribution in [3.05, 3.63) is 91.0 Å². The van der Waals surface area contributed by atoms with Crippen LogP contribution in [0.5, 0.6) is 0 Å². The maximum atomic E-state index is 4.88. The zero-order chi connectivity index (χ0) is 19.4. The van der Waals surface area contributed by atoms with E-state index in [2.05, 4.69) is 96.5 Å². The summed E-state index contributed by atoms with van der Waals surface area (Å²) in [5, 5.41) is 2.66. The van der Waals surface area contributed by atoms with Gasteiger partial charge < -0.3 is 4.57 Å². The summed E-state index contributed by atoms with van der Waals surface area (Å²) in [5.41, 5.74) is 5.83. The maximum Gasteiger partial charge on any atom is 0.140 e. The standard InChI is InChI=1S/C26H18N2S/c1-28-23-14-4-3-13-22(23)27-26(28)18-9-6-8-17(16-18)19-11-7-12-21-20-10-2-5-15-24(20)29-25(19)21/h2-16H,1H3. The fourth-order valence-corrected chi connectivity index (χ4v) is 5.44. The first-order valence-corrected chi connectivity index (χ1v) is 10.5. The Hall–Kier alpha value is -3.43. The highest BCUT2D eigenvalue weighted by molar-refractivity contribution is 7.26. The van der Waals surface area contributed by atoms with E-state index < -0.39 is 0 Å². The topological polar surface area (TPSA) is 17.8 Å². The van der Waals surface area contributed by atoms with Crippen LogP contribution in [0.25, 0.3) is 53.7 Å². The molecule has 2 aromatic heterocycles. The Morgan fingerprint density at radius 2 is 1.48 bits per heavy atom. The zero-order valence-electron chi connectivity index (χ0n) is 16.0. The predicted octanol–water partition coefficient (Wildman–Crippen LogP) is 7.28. The van der Waals surface area contributed by atoms with Crippen molar-refractivity contribution in [2.24, 2.45) is 7.05 Å². The van der Waals surface area contributed by atoms with Gasteiger partial charge in [0, 0.05) is 32.8 Å². The molecule has 0 aliphatic rings. The number of thiophene rings is 1. The number of imidazole rings is 1. The van der Waals surface area contributed by atoms with E-state index in [9.17, 15) is 0 Å². The molecule has 138 valence electrons. The minimum absolute atomic E-state index is 0.997. The van der Waals surface area contributed by atoms with Gasteiger partial charge >= 0.3 is 0 Å². The Balaban J connectivity index is 1.57. The van der Waals surface area contributed by atoms with Crippen LogP contribution in [0.3, 0.4) is 0 Å². The van der Waals surface area contributed by atoms with Crippen LogP contribution in [-0.2, 0) is 7.05 Å². The van der Waals surface area contributed by atoms with Gasteiger partial charge in [0.2, 0.25) is 0 Å². The molecule has 0 N–H and O–H groups in total. The van der Waals surface area contributed by atoms with Crippen LogP contribution in [0.2, 0.25) is 0 Å². The lowest BCUT2D eigenvalue weighted by atomic mass is 10.0. The third-order valence-corrected chi connectivity index (χ3v) is 6.84. The number of para-hydroxylation sites is 2. The molecule has 29 heavy (non-hydrogen) atoms. The SMILES string of the molecule is Cn1c(-c2cccc(-c3cccc4c3sc3ccccc34)c2)nc2ccccc21. The molecule has 0 bridgehead atoms. The van der Waals surface area contributed by atoms with Crippen LogP contribution in [0.1, 0.15) is 0 Å². The monoisotopic (exact) mass is 390 g/mol. The minimum atomic E-state index is 0.997. The normalized spacial score (nSPS) is 11.6. The van der Waals surface area contributed by atoms with Gasteiger partial charge in [0.25, 0.3) is 0 Å². The summed E-state index contributed by atoms with van der Waals surface area (Å²) in [6.45, 7) is 0. The second kappa shape index (κ2) is 6.29. The summed E-state index contributed by atoms with van der Waals surface area (Å²) in [6.07, 6.45) is 0. The average Bonchev–Trinajstić information content (AvgIpc) is 3.32. The Morgan fingerprint density at radius 3 is 2.41 bits per heavy atom. The largest absolute Gasteiger partial charge is 0.327 e. The molecule has 0 fully saturated rings. The number of aromatic nitrogens is 2. The maximum absolute atomic E-state index is 4.88. The fourth-order valence-electron chi connectivity index (χ4n) is 4.20. The molecule has 0 atom stereocenters. The molecule has 6 rings (SSSR count). The molecule has 2 nitrogen and oxygen atoms in total. The van der Waals surface area contributed by atoms with E-state index >= 15 is 0 Å². The van der Waals surface area contributed by atoms with Crippen molar-refractivity contribution >= 4 is 42.5 Å². The number of fused-ring (bicyclic) bond motifs is 4. The van der Waals surface area contributed by atoms with Crippen LogP contribution in [0.4, 0.5) is 0 Å². The van der Waals surface area contributed by atoms with Gasteiger partial charge in [-0.15, -0.1) is 11.3 Å². The van der Waals surface area contributed by atoms with Gasteiger partial charge in [-0.3, -0.25) is 0 Å². The van der Waals surface area contributed by atoms with E-state index in [1.165, 1.54) is 31.3 Å². The number of hydrogen-bond donors (Lipinski definition) is 0. The molecule has 0 aliphatic heterocycles. The van der Waals surface area contributed by atoms with Crippen LogP contribution in [0, 0.1) is 0 Å². The third-order valence-electron chi connectivity index (χ3n) is 5.62. The number of benzene rings is 4. The first-order chi connectivity index (χ1) is 14.3. The summed E-state index contributed by atoms with van der Waals surface area (Å²) in [6, 6.07) is 32.3. The van der Waals surface area contributed by atoms with Gasteiger partial charge in [-0.25, -0.2) is 4.98 Å². The van der Waals surface area contributed by atoms with Gasteiger partial charge in [0.1, 0.15) is 5.82 Å². The molecule has 0 radical (unpaired) electrons. The number of hydrogen-bond acceptors (Lipinski definition) is 2. The lowest BCUT2D eigenvalue weighted by Crippen LogP contribution is -1.92. The first kappa shape index (κ1) is 16.5. The summed E-state index contributed by atoms with van der Waals surface area (Å²) in [5.74, 6) is 0.997. The second-order valence-electron chi connectivity index (χ2n) is 7.34. The molecule has 0 unspecified atom stereocenters. The van der Waals surface area contributed by atoms with E-state index in [0.717, 1.165) is 22.4 Å². The summed E-state index contributed by atoms with van der Waals surface area (Å²) in [7, 11) is 2.09. The van der Waals surface area contributed by atoms with Crippen molar-refractivity contribution in [1.82, 2.24) is 9.55 Å². The van der Waals surface area contributed by atoms with Crippen molar-refractivity contribution in [3.8, 4) is 22.5 Å². The van der Waals surface area contributed by atoms with E-state index in [0.29, 0.717) is 0 Å². The van der Waals surface area contributed by atoms with E-state index in [1.807, 2.05) is 17.4 Å². The third kappa shape index (κ3) is 2.51. The number of aryl methyl sites for hydroxylation is 1. The molecular weight excluding hydrogens is 372 g/mol. The van der Waals surface area contributed by atoms with Crippen LogP contribution < -0.4 is 0 Å². The lowest BCUT2D eigenvalue weighted by molar-refractivity contribution is 0.959. The lowest BCUT2D eigenvalue weighted by Gasteiger charge is -2.07. The Kier molecular flexibility index (Phi) is 3.58. The smallest absolute Gasteiger partial charge is 0.140 e. The Morgan fingerprint density at radius 1 is 0.724 bits per heavy atom. The first-order valence-electron chi connectivity index (χ1n) is 9.72. The molecule has 2 heterocycles. The molecule has 0 amide bonds. The van der Waals surface area contributed by atoms with Gasteiger partial charge in [0.05, 0.1) is 11.0 Å². The molecule has 0 saturated carbocycles. The van der Waals surface area contributed by atoms with Crippen LogP contribution in [0.15, 0.2) is 91.0 Å². The van der Waals surface area contributed by atoms with Crippen molar-refractivity contribution in [2.75, 3.05) is 0 Å². The number of rotatable bonds is 2. The quantitative estimate of drug-likeness (QED) is 0.304. The summed E-state index contributed by atoms with van der Waals surface area (Å²) < 4.78 is 4.85. The Bertz CT molecular complexity index is 1520. The molecular formula is C26H18N2S. The minimum Gasteiger partial charge on any atom is -0.327 e. The highest BCUT2D eigenvalue weighted by Crippen LogP contribution is 2.40. The van der Waals surface area contributed by atoms with Crippen molar-refractivity contribution in [1.29, 1.82) is 0 Å². The van der Waals surface area contributed by atoms with Gasteiger partial charge in [0.15, 0.2) is 0 Å². The van der Waals surface area contributed by atoms with Gasteiger partial charge in [-0.05, 0) is 35.4 Å². The van der Waals surface area contributed by atoms with Crippen LogP contribution in [-0.4, -0.2) is 9.55 Å². The van der Waals surface area contributed by atoms with Gasteiger partial charge in [-0.1, -0.05) is 66.7 Å².